The number of ether oxygens (including phenoxy) is 1. The van der Waals surface area contributed by atoms with Crippen molar-refractivity contribution in [1.82, 2.24) is 0 Å². The molecule has 1 N–H and O–H groups in total. The first kappa shape index (κ1) is 24.2. The van der Waals surface area contributed by atoms with Crippen LogP contribution < -0.4 is 5.32 Å². The molecule has 1 aliphatic heterocycles. The van der Waals surface area contributed by atoms with E-state index in [9.17, 15) is 9.59 Å². The zero-order valence-corrected chi connectivity index (χ0v) is 21.4. The van der Waals surface area contributed by atoms with Gasteiger partial charge >= 0.3 is 5.97 Å². The Bertz CT molecular complexity index is 1510. The van der Waals surface area contributed by atoms with E-state index in [0.717, 1.165) is 33.8 Å². The second-order valence-corrected chi connectivity index (χ2v) is 10.2. The van der Waals surface area contributed by atoms with Crippen LogP contribution in [0.1, 0.15) is 50.2 Å². The summed E-state index contributed by atoms with van der Waals surface area (Å²) in [5.41, 5.74) is 6.34. The number of Topliss-reactive ketones (excluding diaryl/α,β-unsaturated/α-hetero) is 1. The number of carbonyl (C=O) groups excluding carboxylic acids is 2. The third kappa shape index (κ3) is 4.75. The van der Waals surface area contributed by atoms with Gasteiger partial charge in [-0.3, -0.25) is 4.79 Å². The predicted octanol–water partition coefficient (Wildman–Crippen LogP) is 7.87. The van der Waals surface area contributed by atoms with Gasteiger partial charge in [0.1, 0.15) is 0 Å². The topological polar surface area (TPSA) is 55.4 Å². The van der Waals surface area contributed by atoms with Crippen molar-refractivity contribution < 1.29 is 14.3 Å². The molecule has 0 radical (unpaired) electrons. The summed E-state index contributed by atoms with van der Waals surface area (Å²) in [6, 6.07) is 31.0. The number of esters is 1. The first-order valence-corrected chi connectivity index (χ1v) is 13.1. The van der Waals surface area contributed by atoms with E-state index in [1.807, 2.05) is 66.7 Å². The molecule has 2 aliphatic rings. The van der Waals surface area contributed by atoms with Crippen LogP contribution in [0.2, 0.25) is 5.02 Å². The molecule has 188 valence electrons. The second kappa shape index (κ2) is 10.3. The summed E-state index contributed by atoms with van der Waals surface area (Å²) in [4.78, 5) is 25.6. The Balaban J connectivity index is 1.14. The maximum atomic E-state index is 12.9. The molecule has 4 nitrogen and oxygen atoms in total. The monoisotopic (exact) mass is 519 g/mol. The Morgan fingerprint density at radius 2 is 1.55 bits per heavy atom. The number of ketones is 1. The number of carbonyl (C=O) groups is 2. The van der Waals surface area contributed by atoms with E-state index in [0.29, 0.717) is 17.0 Å². The minimum Gasteiger partial charge on any atom is -0.454 e. The van der Waals surface area contributed by atoms with Gasteiger partial charge in [-0.15, -0.1) is 0 Å². The summed E-state index contributed by atoms with van der Waals surface area (Å²) in [7, 11) is 0. The van der Waals surface area contributed by atoms with Gasteiger partial charge in [0.25, 0.3) is 0 Å². The smallest absolute Gasteiger partial charge is 0.338 e. The molecule has 1 heterocycles. The maximum absolute atomic E-state index is 12.9. The number of halogens is 1. The average molecular weight is 520 g/mol. The van der Waals surface area contributed by atoms with Gasteiger partial charge < -0.3 is 10.1 Å². The van der Waals surface area contributed by atoms with E-state index in [2.05, 4.69) is 29.6 Å². The van der Waals surface area contributed by atoms with Crippen LogP contribution in [-0.2, 0) is 4.74 Å². The van der Waals surface area contributed by atoms with Gasteiger partial charge in [-0.1, -0.05) is 90.5 Å². The number of benzene rings is 4. The fourth-order valence-corrected chi connectivity index (χ4v) is 5.62. The molecule has 0 spiro atoms. The SMILES string of the molecule is O=C(COC(=O)c1ccc2c(c1)C1C=CCC1C(c1ccc(Cl)cc1)N2)c1ccc(-c2ccccc2)cc1. The highest BCUT2D eigenvalue weighted by atomic mass is 35.5. The molecule has 38 heavy (non-hydrogen) atoms. The van der Waals surface area contributed by atoms with Gasteiger partial charge in [-0.05, 0) is 64.9 Å². The summed E-state index contributed by atoms with van der Waals surface area (Å²) in [5, 5.41) is 4.39. The Kier molecular flexibility index (Phi) is 6.57. The highest BCUT2D eigenvalue weighted by Crippen LogP contribution is 2.50. The zero-order valence-electron chi connectivity index (χ0n) is 20.6. The summed E-state index contributed by atoms with van der Waals surface area (Å²) in [6.07, 6.45) is 5.39. The van der Waals surface area contributed by atoms with Gasteiger partial charge in [0.15, 0.2) is 12.4 Å². The number of rotatable bonds is 6. The lowest BCUT2D eigenvalue weighted by Gasteiger charge is -2.37. The molecule has 0 fully saturated rings. The van der Waals surface area contributed by atoms with E-state index in [4.69, 9.17) is 16.3 Å². The number of nitrogens with one attached hydrogen (secondary N) is 1. The van der Waals surface area contributed by atoms with Gasteiger partial charge in [-0.2, -0.15) is 0 Å². The van der Waals surface area contributed by atoms with E-state index >= 15 is 0 Å². The third-order valence-electron chi connectivity index (χ3n) is 7.48. The zero-order chi connectivity index (χ0) is 26.1. The van der Waals surface area contributed by atoms with Crippen molar-refractivity contribution in [1.29, 1.82) is 0 Å². The number of anilines is 1. The molecule has 4 aromatic carbocycles. The standard InChI is InChI=1S/C33H26ClNO3/c34-26-16-13-24(14-17-26)32-28-8-4-7-27(28)29-19-25(15-18-30(29)35-32)33(37)38-20-31(36)23-11-9-22(10-12-23)21-5-2-1-3-6-21/h1-7,9-19,27-28,32,35H,8,20H2. The lowest BCUT2D eigenvalue weighted by molar-refractivity contribution is 0.0474. The Morgan fingerprint density at radius 1 is 0.842 bits per heavy atom. The maximum Gasteiger partial charge on any atom is 0.338 e. The molecular formula is C33H26ClNO3. The Labute approximate surface area is 226 Å². The molecule has 1 aliphatic carbocycles. The predicted molar refractivity (Wildman–Crippen MR) is 151 cm³/mol. The van der Waals surface area contributed by atoms with Crippen LogP contribution in [0.3, 0.4) is 0 Å². The van der Waals surface area contributed by atoms with Crippen molar-refractivity contribution >= 4 is 29.0 Å². The summed E-state index contributed by atoms with van der Waals surface area (Å²) < 4.78 is 5.42. The molecule has 0 saturated carbocycles. The molecule has 5 heteroatoms. The lowest BCUT2D eigenvalue weighted by atomic mass is 9.76. The summed E-state index contributed by atoms with van der Waals surface area (Å²) in [6.45, 7) is -0.302. The number of allylic oxidation sites excluding steroid dienone is 2. The fraction of sp³-hybridized carbons (Fsp3) is 0.152. The van der Waals surface area contributed by atoms with Crippen LogP contribution in [0.15, 0.2) is 109 Å². The van der Waals surface area contributed by atoms with Crippen LogP contribution in [-0.4, -0.2) is 18.4 Å². The summed E-state index contributed by atoms with van der Waals surface area (Å²) >= 11 is 6.10. The van der Waals surface area contributed by atoms with E-state index < -0.39 is 5.97 Å². The first-order chi connectivity index (χ1) is 18.6. The van der Waals surface area contributed by atoms with Gasteiger partial charge in [0, 0.05) is 22.2 Å². The Hall–Kier alpha value is -4.15. The molecule has 0 saturated heterocycles. The molecule has 0 aromatic heterocycles. The van der Waals surface area contributed by atoms with Gasteiger partial charge in [-0.25, -0.2) is 4.79 Å². The van der Waals surface area contributed by atoms with Crippen molar-refractivity contribution in [2.24, 2.45) is 5.92 Å². The largest absolute Gasteiger partial charge is 0.454 e. The minimum absolute atomic E-state index is 0.156. The normalized spacial score (nSPS) is 19.2. The molecule has 6 rings (SSSR count). The van der Waals surface area contributed by atoms with Crippen molar-refractivity contribution in [3.05, 3.63) is 136 Å². The van der Waals surface area contributed by atoms with Gasteiger partial charge in [0.05, 0.1) is 11.6 Å². The molecule has 0 bridgehead atoms. The van der Waals surface area contributed by atoms with Crippen molar-refractivity contribution in [2.45, 2.75) is 18.4 Å². The highest BCUT2D eigenvalue weighted by molar-refractivity contribution is 6.30. The second-order valence-electron chi connectivity index (χ2n) is 9.77. The molecule has 4 aromatic rings. The van der Waals surface area contributed by atoms with Crippen molar-refractivity contribution in [2.75, 3.05) is 11.9 Å². The molecule has 0 amide bonds. The minimum atomic E-state index is -0.500. The van der Waals surface area contributed by atoms with Crippen LogP contribution in [0.5, 0.6) is 0 Å². The number of hydrogen-bond acceptors (Lipinski definition) is 4. The van der Waals surface area contributed by atoms with E-state index in [1.165, 1.54) is 5.56 Å². The third-order valence-corrected chi connectivity index (χ3v) is 7.73. The van der Waals surface area contributed by atoms with Crippen LogP contribution in [0.25, 0.3) is 11.1 Å². The van der Waals surface area contributed by atoms with E-state index in [-0.39, 0.29) is 24.3 Å². The van der Waals surface area contributed by atoms with Crippen molar-refractivity contribution in [3.8, 4) is 11.1 Å². The van der Waals surface area contributed by atoms with Crippen molar-refractivity contribution in [3.63, 3.8) is 0 Å². The number of hydrogen-bond donors (Lipinski definition) is 1. The van der Waals surface area contributed by atoms with E-state index in [1.54, 1.807) is 18.2 Å². The molecule has 3 atom stereocenters. The Morgan fingerprint density at radius 3 is 2.32 bits per heavy atom. The quantitative estimate of drug-likeness (QED) is 0.160. The van der Waals surface area contributed by atoms with Gasteiger partial charge in [0.2, 0.25) is 0 Å². The first-order valence-electron chi connectivity index (χ1n) is 12.8. The van der Waals surface area contributed by atoms with Crippen LogP contribution >= 0.6 is 11.6 Å². The number of fused-ring (bicyclic) bond motifs is 3. The molecular weight excluding hydrogens is 494 g/mol. The van der Waals surface area contributed by atoms with Crippen LogP contribution in [0.4, 0.5) is 5.69 Å². The average Bonchev–Trinajstić information content (AvgIpc) is 3.47. The molecule has 3 unspecified atom stereocenters. The highest BCUT2D eigenvalue weighted by Gasteiger charge is 2.38. The summed E-state index contributed by atoms with van der Waals surface area (Å²) in [5.74, 6) is -0.192. The lowest BCUT2D eigenvalue weighted by Crippen LogP contribution is -2.29. The fourth-order valence-electron chi connectivity index (χ4n) is 5.50. The van der Waals surface area contributed by atoms with Crippen LogP contribution in [0, 0.1) is 5.92 Å².